The van der Waals surface area contributed by atoms with Crippen molar-refractivity contribution in [2.45, 2.75) is 0 Å². The predicted molar refractivity (Wildman–Crippen MR) is 80.6 cm³/mol. The number of nitrogens with one attached hydrogen (secondary N) is 1. The first kappa shape index (κ1) is 14.0. The van der Waals surface area contributed by atoms with Gasteiger partial charge in [0, 0.05) is 22.4 Å². The van der Waals surface area contributed by atoms with E-state index in [1.54, 1.807) is 37.6 Å². The third-order valence-electron chi connectivity index (χ3n) is 2.37. The lowest BCUT2D eigenvalue weighted by atomic mass is 10.2. The minimum atomic E-state index is -0.267. The van der Waals surface area contributed by atoms with E-state index in [0.29, 0.717) is 17.1 Å². The molecule has 0 saturated heterocycles. The third kappa shape index (κ3) is 3.54. The van der Waals surface area contributed by atoms with E-state index < -0.39 is 0 Å². The van der Waals surface area contributed by atoms with Crippen LogP contribution < -0.4 is 10.1 Å². The molecule has 6 heteroatoms. The number of methoxy groups -OCH3 is 1. The predicted octanol–water partition coefficient (Wildman–Crippen LogP) is 3.87. The fraction of sp³-hybridized carbons (Fsp3) is 0.0769. The van der Waals surface area contributed by atoms with Crippen molar-refractivity contribution in [2.75, 3.05) is 12.4 Å². The quantitative estimate of drug-likeness (QED) is 0.872. The van der Waals surface area contributed by atoms with Crippen LogP contribution in [0.4, 0.5) is 5.69 Å². The van der Waals surface area contributed by atoms with Gasteiger partial charge in [-0.05, 0) is 56.1 Å². The van der Waals surface area contributed by atoms with Crippen LogP contribution in [0.2, 0.25) is 0 Å². The lowest BCUT2D eigenvalue weighted by Crippen LogP contribution is -2.13. The first-order chi connectivity index (χ1) is 9.10. The zero-order chi connectivity index (χ0) is 13.8. The molecule has 98 valence electrons. The van der Waals surface area contributed by atoms with Crippen LogP contribution in [0.5, 0.6) is 5.75 Å². The summed E-state index contributed by atoms with van der Waals surface area (Å²) in [6.45, 7) is 0. The molecule has 1 aromatic carbocycles. The van der Waals surface area contributed by atoms with Crippen LogP contribution in [0.1, 0.15) is 10.5 Å². The largest absolute Gasteiger partial charge is 0.495 e. The SMILES string of the molecule is COc1cc(NC(=O)c2ccc(Br)cn2)ccc1Br. The molecule has 1 heterocycles. The second kappa shape index (κ2) is 6.16. The Hall–Kier alpha value is -1.40. The van der Waals surface area contributed by atoms with E-state index in [1.165, 1.54) is 0 Å². The number of amides is 1. The molecule has 0 fully saturated rings. The van der Waals surface area contributed by atoms with Crippen LogP contribution >= 0.6 is 31.9 Å². The van der Waals surface area contributed by atoms with Crippen molar-refractivity contribution in [3.05, 3.63) is 51.2 Å². The molecule has 0 spiro atoms. The number of aromatic nitrogens is 1. The van der Waals surface area contributed by atoms with Gasteiger partial charge in [0.2, 0.25) is 0 Å². The summed E-state index contributed by atoms with van der Waals surface area (Å²) in [7, 11) is 1.57. The van der Waals surface area contributed by atoms with Crippen LogP contribution in [0.3, 0.4) is 0 Å². The Kier molecular flexibility index (Phi) is 4.55. The number of halogens is 2. The summed E-state index contributed by atoms with van der Waals surface area (Å²) in [5, 5.41) is 2.76. The number of hydrogen-bond donors (Lipinski definition) is 1. The molecular weight excluding hydrogens is 376 g/mol. The van der Waals surface area contributed by atoms with Crippen molar-refractivity contribution in [1.29, 1.82) is 0 Å². The maximum Gasteiger partial charge on any atom is 0.274 e. The molecule has 2 aromatic rings. The molecule has 0 saturated carbocycles. The fourth-order valence-corrected chi connectivity index (χ4v) is 2.09. The second-order valence-electron chi connectivity index (χ2n) is 3.67. The molecule has 2 rings (SSSR count). The van der Waals surface area contributed by atoms with Crippen LogP contribution in [0, 0.1) is 0 Å². The molecule has 4 nitrogen and oxygen atoms in total. The molecule has 0 bridgehead atoms. The third-order valence-corrected chi connectivity index (χ3v) is 3.49. The average molecular weight is 386 g/mol. The minimum absolute atomic E-state index is 0.267. The van der Waals surface area contributed by atoms with Crippen molar-refractivity contribution in [1.82, 2.24) is 4.98 Å². The van der Waals surface area contributed by atoms with Gasteiger partial charge in [-0.25, -0.2) is 4.98 Å². The second-order valence-corrected chi connectivity index (χ2v) is 5.44. The lowest BCUT2D eigenvalue weighted by molar-refractivity contribution is 0.102. The van der Waals surface area contributed by atoms with Crippen molar-refractivity contribution < 1.29 is 9.53 Å². The summed E-state index contributed by atoms with van der Waals surface area (Å²) in [6, 6.07) is 8.74. The average Bonchev–Trinajstić information content (AvgIpc) is 2.41. The molecular formula is C13H10Br2N2O2. The molecule has 1 N–H and O–H groups in total. The van der Waals surface area contributed by atoms with Gasteiger partial charge < -0.3 is 10.1 Å². The van der Waals surface area contributed by atoms with E-state index in [4.69, 9.17) is 4.74 Å². The van der Waals surface area contributed by atoms with Gasteiger partial charge in [0.1, 0.15) is 11.4 Å². The maximum absolute atomic E-state index is 12.0. The van der Waals surface area contributed by atoms with Gasteiger partial charge in [0.25, 0.3) is 5.91 Å². The molecule has 0 aliphatic heterocycles. The Morgan fingerprint density at radius 3 is 2.68 bits per heavy atom. The van der Waals surface area contributed by atoms with E-state index in [9.17, 15) is 4.79 Å². The number of rotatable bonds is 3. The van der Waals surface area contributed by atoms with Crippen LogP contribution in [0.15, 0.2) is 45.5 Å². The van der Waals surface area contributed by atoms with E-state index in [0.717, 1.165) is 8.95 Å². The highest BCUT2D eigenvalue weighted by Gasteiger charge is 2.09. The zero-order valence-electron chi connectivity index (χ0n) is 9.98. The Morgan fingerprint density at radius 1 is 1.26 bits per heavy atom. The van der Waals surface area contributed by atoms with Gasteiger partial charge in [-0.15, -0.1) is 0 Å². The number of ether oxygens (including phenoxy) is 1. The molecule has 19 heavy (non-hydrogen) atoms. The van der Waals surface area contributed by atoms with E-state index in [2.05, 4.69) is 42.2 Å². The molecule has 1 amide bonds. The van der Waals surface area contributed by atoms with Gasteiger partial charge in [-0.2, -0.15) is 0 Å². The number of hydrogen-bond acceptors (Lipinski definition) is 3. The number of nitrogens with zero attached hydrogens (tertiary/aromatic N) is 1. The number of carbonyl (C=O) groups is 1. The van der Waals surface area contributed by atoms with Crippen LogP contribution in [-0.4, -0.2) is 18.0 Å². The molecule has 0 aliphatic rings. The molecule has 0 aliphatic carbocycles. The Morgan fingerprint density at radius 2 is 2.05 bits per heavy atom. The van der Waals surface area contributed by atoms with Gasteiger partial charge in [-0.1, -0.05) is 0 Å². The van der Waals surface area contributed by atoms with E-state index in [-0.39, 0.29) is 5.91 Å². The monoisotopic (exact) mass is 384 g/mol. The molecule has 0 atom stereocenters. The number of carbonyl (C=O) groups excluding carboxylic acids is 1. The van der Waals surface area contributed by atoms with Gasteiger partial charge in [-0.3, -0.25) is 4.79 Å². The van der Waals surface area contributed by atoms with Gasteiger partial charge in [0.15, 0.2) is 0 Å². The summed E-state index contributed by atoms with van der Waals surface area (Å²) < 4.78 is 6.83. The van der Waals surface area contributed by atoms with Gasteiger partial charge in [0.05, 0.1) is 11.6 Å². The number of pyridine rings is 1. The Labute approximate surface area is 127 Å². The topological polar surface area (TPSA) is 51.2 Å². The van der Waals surface area contributed by atoms with Crippen molar-refractivity contribution >= 4 is 43.5 Å². The summed E-state index contributed by atoms with van der Waals surface area (Å²) in [5.74, 6) is 0.387. The highest BCUT2D eigenvalue weighted by molar-refractivity contribution is 9.10. The van der Waals surface area contributed by atoms with Crippen molar-refractivity contribution in [3.63, 3.8) is 0 Å². The number of benzene rings is 1. The highest BCUT2D eigenvalue weighted by atomic mass is 79.9. The normalized spacial score (nSPS) is 10.1. The van der Waals surface area contributed by atoms with E-state index in [1.807, 2.05) is 6.07 Å². The minimum Gasteiger partial charge on any atom is -0.495 e. The number of anilines is 1. The van der Waals surface area contributed by atoms with Crippen molar-refractivity contribution in [2.24, 2.45) is 0 Å². The standard InChI is InChI=1S/C13H10Br2N2O2/c1-19-12-6-9(3-4-10(12)15)17-13(18)11-5-2-8(14)7-16-11/h2-7H,1H3,(H,17,18). The summed E-state index contributed by atoms with van der Waals surface area (Å²) in [5.41, 5.74) is 1.000. The lowest BCUT2D eigenvalue weighted by Gasteiger charge is -2.08. The van der Waals surface area contributed by atoms with Gasteiger partial charge >= 0.3 is 0 Å². The zero-order valence-corrected chi connectivity index (χ0v) is 13.2. The summed E-state index contributed by atoms with van der Waals surface area (Å²) in [4.78, 5) is 16.0. The first-order valence-corrected chi connectivity index (χ1v) is 6.95. The Balaban J connectivity index is 2.17. The highest BCUT2D eigenvalue weighted by Crippen LogP contribution is 2.27. The fourth-order valence-electron chi connectivity index (χ4n) is 1.44. The summed E-state index contributed by atoms with van der Waals surface area (Å²) >= 11 is 6.63. The molecule has 0 radical (unpaired) electrons. The van der Waals surface area contributed by atoms with Crippen LogP contribution in [0.25, 0.3) is 0 Å². The first-order valence-electron chi connectivity index (χ1n) is 5.36. The van der Waals surface area contributed by atoms with Crippen LogP contribution in [-0.2, 0) is 0 Å². The maximum atomic E-state index is 12.0. The Bertz CT molecular complexity index is 600. The summed E-state index contributed by atoms with van der Waals surface area (Å²) in [6.07, 6.45) is 1.58. The molecule has 1 aromatic heterocycles. The van der Waals surface area contributed by atoms with Crippen molar-refractivity contribution in [3.8, 4) is 5.75 Å². The van der Waals surface area contributed by atoms with E-state index >= 15 is 0 Å². The smallest absolute Gasteiger partial charge is 0.274 e. The molecule has 0 unspecified atom stereocenters.